The van der Waals surface area contributed by atoms with Crippen molar-refractivity contribution in [2.45, 2.75) is 12.5 Å². The molecule has 112 valence electrons. The quantitative estimate of drug-likeness (QED) is 0.797. The Morgan fingerprint density at radius 2 is 2.19 bits per heavy atom. The summed E-state index contributed by atoms with van der Waals surface area (Å²) in [5, 5.41) is 16.0. The summed E-state index contributed by atoms with van der Waals surface area (Å²) >= 11 is 0. The van der Waals surface area contributed by atoms with E-state index in [1.54, 1.807) is 18.0 Å². The van der Waals surface area contributed by atoms with Crippen LogP contribution in [0.2, 0.25) is 0 Å². The van der Waals surface area contributed by atoms with E-state index in [0.29, 0.717) is 18.6 Å². The van der Waals surface area contributed by atoms with Crippen molar-refractivity contribution < 1.29 is 14.6 Å². The fraction of sp³-hybridized carbons (Fsp3) is 0.333. The molecular weight excluding hydrogens is 270 g/mol. The minimum Gasteiger partial charge on any atom is -0.396 e. The summed E-state index contributed by atoms with van der Waals surface area (Å²) < 4.78 is 6.67. The van der Waals surface area contributed by atoms with E-state index in [1.807, 2.05) is 30.3 Å². The molecule has 1 aromatic heterocycles. The number of para-hydroxylation sites is 1. The molecule has 21 heavy (non-hydrogen) atoms. The number of carbonyl (C=O) groups is 1. The van der Waals surface area contributed by atoms with Crippen LogP contribution < -0.4 is 5.32 Å². The zero-order valence-electron chi connectivity index (χ0n) is 11.9. The highest BCUT2D eigenvalue weighted by Gasteiger charge is 2.15. The lowest BCUT2D eigenvalue weighted by atomic mass is 10.2. The smallest absolute Gasteiger partial charge is 0.254 e. The van der Waals surface area contributed by atoms with Crippen LogP contribution in [-0.2, 0) is 4.74 Å². The molecule has 0 radical (unpaired) electrons. The first kappa shape index (κ1) is 15.2. The molecule has 6 nitrogen and oxygen atoms in total. The van der Waals surface area contributed by atoms with Gasteiger partial charge in [-0.3, -0.25) is 4.79 Å². The number of hydrogen-bond acceptors (Lipinski definition) is 4. The van der Waals surface area contributed by atoms with Crippen molar-refractivity contribution in [3.63, 3.8) is 0 Å². The molecule has 2 rings (SSSR count). The lowest BCUT2D eigenvalue weighted by Crippen LogP contribution is -2.38. The summed E-state index contributed by atoms with van der Waals surface area (Å²) in [6.45, 7) is 0.358. The summed E-state index contributed by atoms with van der Waals surface area (Å²) in [6.07, 6.45) is 3.64. The fourth-order valence-corrected chi connectivity index (χ4v) is 1.98. The van der Waals surface area contributed by atoms with Crippen LogP contribution in [0.3, 0.4) is 0 Å². The third-order valence-corrected chi connectivity index (χ3v) is 3.05. The van der Waals surface area contributed by atoms with Crippen LogP contribution in [0.4, 0.5) is 0 Å². The SMILES string of the molecule is COCC(CCO)NC(=O)c1cnn(-c2ccccc2)c1. The first-order chi connectivity index (χ1) is 10.2. The Hall–Kier alpha value is -2.18. The molecule has 0 aliphatic rings. The highest BCUT2D eigenvalue weighted by Crippen LogP contribution is 2.08. The number of nitrogens with one attached hydrogen (secondary N) is 1. The second kappa shape index (κ2) is 7.56. The molecule has 1 unspecified atom stereocenters. The van der Waals surface area contributed by atoms with Crippen LogP contribution in [0.25, 0.3) is 5.69 Å². The van der Waals surface area contributed by atoms with Gasteiger partial charge in [-0.1, -0.05) is 18.2 Å². The van der Waals surface area contributed by atoms with Crippen molar-refractivity contribution in [3.05, 3.63) is 48.3 Å². The zero-order chi connectivity index (χ0) is 15.1. The number of aliphatic hydroxyl groups excluding tert-OH is 1. The van der Waals surface area contributed by atoms with Gasteiger partial charge < -0.3 is 15.2 Å². The number of ether oxygens (including phenoxy) is 1. The number of rotatable bonds is 7. The van der Waals surface area contributed by atoms with Gasteiger partial charge >= 0.3 is 0 Å². The summed E-state index contributed by atoms with van der Waals surface area (Å²) in [6, 6.07) is 9.35. The van der Waals surface area contributed by atoms with Crippen LogP contribution in [0.15, 0.2) is 42.7 Å². The van der Waals surface area contributed by atoms with Gasteiger partial charge in [-0.25, -0.2) is 4.68 Å². The average Bonchev–Trinajstić information content (AvgIpc) is 2.98. The van der Waals surface area contributed by atoms with Crippen molar-refractivity contribution in [1.82, 2.24) is 15.1 Å². The lowest BCUT2D eigenvalue weighted by molar-refractivity contribution is 0.0878. The monoisotopic (exact) mass is 289 g/mol. The highest BCUT2D eigenvalue weighted by atomic mass is 16.5. The Morgan fingerprint density at radius 1 is 1.43 bits per heavy atom. The van der Waals surface area contributed by atoms with Crippen LogP contribution in [0.5, 0.6) is 0 Å². The Balaban J connectivity index is 2.05. The second-order valence-corrected chi connectivity index (χ2v) is 4.65. The molecule has 6 heteroatoms. The minimum atomic E-state index is -0.229. The van der Waals surface area contributed by atoms with E-state index >= 15 is 0 Å². The van der Waals surface area contributed by atoms with Crippen molar-refractivity contribution in [1.29, 1.82) is 0 Å². The van der Waals surface area contributed by atoms with Crippen LogP contribution >= 0.6 is 0 Å². The third-order valence-electron chi connectivity index (χ3n) is 3.05. The molecule has 1 amide bonds. The number of carbonyl (C=O) groups excluding carboxylic acids is 1. The van der Waals surface area contributed by atoms with E-state index in [0.717, 1.165) is 5.69 Å². The Morgan fingerprint density at radius 3 is 2.86 bits per heavy atom. The van der Waals surface area contributed by atoms with Crippen molar-refractivity contribution in [2.24, 2.45) is 0 Å². The van der Waals surface area contributed by atoms with Gasteiger partial charge in [0.1, 0.15) is 0 Å². The first-order valence-corrected chi connectivity index (χ1v) is 6.75. The molecule has 2 aromatic rings. The van der Waals surface area contributed by atoms with Gasteiger partial charge in [-0.15, -0.1) is 0 Å². The van der Waals surface area contributed by atoms with Gasteiger partial charge in [-0.2, -0.15) is 5.10 Å². The summed E-state index contributed by atoms with van der Waals surface area (Å²) in [5.74, 6) is -0.229. The predicted octanol–water partition coefficient (Wildman–Crippen LogP) is 0.999. The molecule has 2 N–H and O–H groups in total. The molecule has 0 bridgehead atoms. The fourth-order valence-electron chi connectivity index (χ4n) is 1.98. The Kier molecular flexibility index (Phi) is 5.48. The maximum Gasteiger partial charge on any atom is 0.254 e. The minimum absolute atomic E-state index is 0.00240. The molecule has 0 aliphatic heterocycles. The van der Waals surface area contributed by atoms with E-state index in [2.05, 4.69) is 10.4 Å². The van der Waals surface area contributed by atoms with Crippen molar-refractivity contribution >= 4 is 5.91 Å². The number of benzene rings is 1. The topological polar surface area (TPSA) is 76.4 Å². The number of aliphatic hydroxyl groups is 1. The zero-order valence-corrected chi connectivity index (χ0v) is 11.9. The van der Waals surface area contributed by atoms with Crippen LogP contribution in [0.1, 0.15) is 16.8 Å². The van der Waals surface area contributed by atoms with Gasteiger partial charge in [0.2, 0.25) is 0 Å². The lowest BCUT2D eigenvalue weighted by Gasteiger charge is -2.16. The Labute approximate surface area is 123 Å². The number of amides is 1. The van der Waals surface area contributed by atoms with E-state index in [-0.39, 0.29) is 18.6 Å². The number of hydrogen-bond donors (Lipinski definition) is 2. The Bertz CT molecular complexity index is 563. The molecule has 1 heterocycles. The molecule has 1 aromatic carbocycles. The van der Waals surface area contributed by atoms with Crippen molar-refractivity contribution in [3.8, 4) is 5.69 Å². The first-order valence-electron chi connectivity index (χ1n) is 6.75. The van der Waals surface area contributed by atoms with E-state index in [1.165, 1.54) is 6.20 Å². The van der Waals surface area contributed by atoms with Gasteiger partial charge in [0.15, 0.2) is 0 Å². The van der Waals surface area contributed by atoms with Gasteiger partial charge in [0.05, 0.1) is 30.1 Å². The number of aromatic nitrogens is 2. The normalized spacial score (nSPS) is 12.1. The maximum absolute atomic E-state index is 12.1. The maximum atomic E-state index is 12.1. The molecular formula is C15H19N3O3. The van der Waals surface area contributed by atoms with Gasteiger partial charge in [0, 0.05) is 19.9 Å². The molecule has 1 atom stereocenters. The summed E-state index contributed by atoms with van der Waals surface area (Å²) in [5.41, 5.74) is 1.36. The number of nitrogens with zero attached hydrogens (tertiary/aromatic N) is 2. The van der Waals surface area contributed by atoms with E-state index in [4.69, 9.17) is 9.84 Å². The second-order valence-electron chi connectivity index (χ2n) is 4.65. The van der Waals surface area contributed by atoms with Gasteiger partial charge in [-0.05, 0) is 18.6 Å². The molecule has 0 aliphatic carbocycles. The highest BCUT2D eigenvalue weighted by molar-refractivity contribution is 5.94. The van der Waals surface area contributed by atoms with E-state index in [9.17, 15) is 4.79 Å². The number of methoxy groups -OCH3 is 1. The van der Waals surface area contributed by atoms with Gasteiger partial charge in [0.25, 0.3) is 5.91 Å². The van der Waals surface area contributed by atoms with E-state index < -0.39 is 0 Å². The summed E-state index contributed by atoms with van der Waals surface area (Å²) in [4.78, 5) is 12.1. The molecule has 0 saturated heterocycles. The largest absolute Gasteiger partial charge is 0.396 e. The predicted molar refractivity (Wildman–Crippen MR) is 78.4 cm³/mol. The third kappa shape index (κ3) is 4.14. The van der Waals surface area contributed by atoms with Crippen LogP contribution in [0, 0.1) is 0 Å². The van der Waals surface area contributed by atoms with Crippen LogP contribution in [-0.4, -0.2) is 47.2 Å². The molecule has 0 spiro atoms. The standard InChI is InChI=1S/C15H19N3O3/c1-21-11-13(7-8-19)17-15(20)12-9-16-18(10-12)14-5-3-2-4-6-14/h2-6,9-10,13,19H,7-8,11H2,1H3,(H,17,20). The van der Waals surface area contributed by atoms with Crippen molar-refractivity contribution in [2.75, 3.05) is 20.3 Å². The average molecular weight is 289 g/mol. The molecule has 0 fully saturated rings. The molecule has 0 saturated carbocycles. The summed E-state index contributed by atoms with van der Waals surface area (Å²) in [7, 11) is 1.56.